The van der Waals surface area contributed by atoms with Crippen LogP contribution in [0.15, 0.2) is 167 Å². The third-order valence-electron chi connectivity index (χ3n) is 16.6. The van der Waals surface area contributed by atoms with Crippen LogP contribution in [-0.2, 0) is 5.54 Å². The molecule has 0 radical (unpaired) electrons. The fraction of sp³-hybridized carbons (Fsp3) is 0.197. The number of nitrogens with one attached hydrogen (secondary N) is 4. The minimum absolute atomic E-state index is 0.120. The zero-order valence-corrected chi connectivity index (χ0v) is 48.4. The van der Waals surface area contributed by atoms with Crippen molar-refractivity contribution in [2.24, 2.45) is 5.92 Å². The topological polar surface area (TPSA) is 202 Å². The summed E-state index contributed by atoms with van der Waals surface area (Å²) in [6, 6.07) is 41.5. The van der Waals surface area contributed by atoms with Crippen LogP contribution in [0.4, 0.5) is 8.78 Å². The largest absolute Gasteiger partial charge is 0.491 e. The Bertz CT molecular complexity index is 4510. The molecule has 7 aromatic carbocycles. The molecule has 0 atom stereocenters. The molecule has 88 heavy (non-hydrogen) atoms. The van der Waals surface area contributed by atoms with Crippen molar-refractivity contribution < 1.29 is 51.1 Å². The summed E-state index contributed by atoms with van der Waals surface area (Å²) in [6.45, 7) is 4.06. The third-order valence-corrected chi connectivity index (χ3v) is 16.6. The van der Waals surface area contributed by atoms with E-state index in [0.29, 0.717) is 84.3 Å². The van der Waals surface area contributed by atoms with Crippen LogP contribution in [0.1, 0.15) is 119 Å². The predicted octanol–water partition coefficient (Wildman–Crippen LogP) is 13.3. The maximum atomic E-state index is 14.7. The second-order valence-corrected chi connectivity index (χ2v) is 22.9. The summed E-state index contributed by atoms with van der Waals surface area (Å²) in [5, 5.41) is 12.5. The first-order chi connectivity index (χ1) is 42.6. The quantitative estimate of drug-likeness (QED) is 0.0599. The van der Waals surface area contributed by atoms with Crippen molar-refractivity contribution in [3.63, 3.8) is 0 Å². The Morgan fingerprint density at radius 3 is 1.88 bits per heavy atom. The van der Waals surface area contributed by atoms with Crippen LogP contribution in [0.5, 0.6) is 5.75 Å². The maximum absolute atomic E-state index is 14.7. The number of fused-ring (bicyclic) bond motifs is 3. The van der Waals surface area contributed by atoms with Gasteiger partial charge in [0, 0.05) is 71.0 Å². The van der Waals surface area contributed by atoms with Gasteiger partial charge in [-0.05, 0) is 193 Å². The number of pyridine rings is 1. The van der Waals surface area contributed by atoms with Gasteiger partial charge in [-0.15, -0.1) is 0 Å². The zero-order valence-electron chi connectivity index (χ0n) is 48.4. The fourth-order valence-electron chi connectivity index (χ4n) is 11.7. The van der Waals surface area contributed by atoms with E-state index in [-0.39, 0.29) is 70.6 Å². The lowest BCUT2D eigenvalue weighted by Gasteiger charge is -2.18. The van der Waals surface area contributed by atoms with E-state index in [1.807, 2.05) is 62.4 Å². The molecular weight excluding hydrogens is 1120 g/mol. The minimum atomic E-state index is -0.578. The number of ether oxygens (including phenoxy) is 1. The van der Waals surface area contributed by atoms with E-state index < -0.39 is 40.8 Å². The first-order valence-electron chi connectivity index (χ1n) is 29.2. The molecule has 6 amide bonds. The monoisotopic (exact) mass is 1180 g/mol. The summed E-state index contributed by atoms with van der Waals surface area (Å²) >= 11 is 0. The molecular formula is C71H58F2N6O9. The van der Waals surface area contributed by atoms with Crippen molar-refractivity contribution in [2.75, 3.05) is 33.8 Å². The second-order valence-electron chi connectivity index (χ2n) is 22.9. The number of hydrogen-bond acceptors (Lipinski definition) is 10. The Morgan fingerprint density at radius 1 is 0.614 bits per heavy atom. The summed E-state index contributed by atoms with van der Waals surface area (Å²) in [5.41, 5.74) is 7.72. The Kier molecular flexibility index (Phi) is 14.6. The molecule has 0 unspecified atom stereocenters. The molecule has 15 nitrogen and oxygen atoms in total. The summed E-state index contributed by atoms with van der Waals surface area (Å²) in [7, 11) is 3.01. The molecule has 0 bridgehead atoms. The molecule has 440 valence electrons. The Balaban J connectivity index is 0.846. The van der Waals surface area contributed by atoms with Gasteiger partial charge in [-0.2, -0.15) is 0 Å². The number of nitrogens with zero attached hydrogens (tertiary/aromatic N) is 2. The highest BCUT2D eigenvalue weighted by Crippen LogP contribution is 2.49. The van der Waals surface area contributed by atoms with Gasteiger partial charge in [0.25, 0.3) is 35.4 Å². The van der Waals surface area contributed by atoms with Gasteiger partial charge in [0.15, 0.2) is 0 Å². The maximum Gasteiger partial charge on any atom is 0.261 e. The van der Waals surface area contributed by atoms with Gasteiger partial charge < -0.3 is 34.8 Å². The molecule has 10 aromatic rings. The van der Waals surface area contributed by atoms with Crippen LogP contribution in [-0.4, -0.2) is 79.1 Å². The van der Waals surface area contributed by atoms with Crippen LogP contribution in [0.25, 0.3) is 78.0 Å². The number of carbonyl (C=O) groups is 6. The molecule has 13 rings (SSSR count). The van der Waals surface area contributed by atoms with Gasteiger partial charge in [0.05, 0.1) is 40.0 Å². The van der Waals surface area contributed by atoms with Gasteiger partial charge in [-0.25, -0.2) is 8.78 Å². The molecule has 2 saturated carbocycles. The van der Waals surface area contributed by atoms with E-state index >= 15 is 0 Å². The number of aromatic nitrogens is 1. The number of furan rings is 2. The van der Waals surface area contributed by atoms with Crippen LogP contribution in [0.2, 0.25) is 0 Å². The molecule has 3 aromatic heterocycles. The van der Waals surface area contributed by atoms with Gasteiger partial charge in [-0.1, -0.05) is 38.1 Å². The molecule has 3 aliphatic rings. The number of imide groups is 1. The second kappa shape index (κ2) is 22.7. The van der Waals surface area contributed by atoms with Gasteiger partial charge in [0.1, 0.15) is 46.7 Å². The zero-order chi connectivity index (χ0) is 61.1. The van der Waals surface area contributed by atoms with Crippen molar-refractivity contribution in [3.8, 4) is 61.8 Å². The van der Waals surface area contributed by atoms with Crippen LogP contribution < -0.4 is 26.0 Å². The van der Waals surface area contributed by atoms with E-state index in [1.54, 1.807) is 60.8 Å². The van der Waals surface area contributed by atoms with Crippen LogP contribution in [0, 0.1) is 17.6 Å². The molecule has 2 fully saturated rings. The fourth-order valence-corrected chi connectivity index (χ4v) is 11.7. The lowest BCUT2D eigenvalue weighted by Crippen LogP contribution is -2.35. The lowest BCUT2D eigenvalue weighted by molar-refractivity contribution is 0.0630. The first-order valence-corrected chi connectivity index (χ1v) is 29.2. The van der Waals surface area contributed by atoms with E-state index in [9.17, 15) is 37.5 Å². The Labute approximate surface area is 504 Å². The summed E-state index contributed by atoms with van der Waals surface area (Å²) in [6.07, 6.45) is 5.10. The molecule has 0 spiro atoms. The smallest absolute Gasteiger partial charge is 0.261 e. The summed E-state index contributed by atoms with van der Waals surface area (Å²) < 4.78 is 47.9. The molecule has 4 N–H and O–H groups in total. The number of rotatable bonds is 18. The van der Waals surface area contributed by atoms with Crippen LogP contribution >= 0.6 is 0 Å². The highest BCUT2D eigenvalue weighted by atomic mass is 19.1. The van der Waals surface area contributed by atoms with Gasteiger partial charge in [0.2, 0.25) is 0 Å². The molecule has 4 heterocycles. The number of carbonyl (C=O) groups excluding carboxylic acids is 6. The number of benzene rings is 7. The molecule has 1 aliphatic heterocycles. The normalized spacial score (nSPS) is 14.1. The van der Waals surface area contributed by atoms with E-state index in [0.717, 1.165) is 47.4 Å². The van der Waals surface area contributed by atoms with Crippen molar-refractivity contribution in [3.05, 3.63) is 214 Å². The number of halogens is 2. The van der Waals surface area contributed by atoms with E-state index in [4.69, 9.17) is 13.6 Å². The Morgan fingerprint density at radius 2 is 1.22 bits per heavy atom. The van der Waals surface area contributed by atoms with Crippen molar-refractivity contribution in [1.29, 1.82) is 0 Å². The Hall–Kier alpha value is -10.6. The van der Waals surface area contributed by atoms with E-state index in [1.165, 1.54) is 62.6 Å². The van der Waals surface area contributed by atoms with Gasteiger partial charge in [-0.3, -0.25) is 38.7 Å². The highest BCUT2D eigenvalue weighted by molar-refractivity contribution is 6.22. The average molecular weight is 1180 g/mol. The van der Waals surface area contributed by atoms with Gasteiger partial charge >= 0.3 is 0 Å². The highest BCUT2D eigenvalue weighted by Gasteiger charge is 2.47. The standard InChI is InChI=1S/C71H58F2N6O9/c1-38(2)37-77-65(80)44-17-24-57(52(34-44)42-16-25-58-55(32-42)60(67(82)74-3)62(87-58)40-10-18-47(72)19-11-40)86-30-29-79-69(84)50-23-14-43(31-54(50)70(79)85)53-35-46(36-56-61(68(83)75-4)63(88-64(53)56)41-12-20-48(73)21-13-41)51-33-45(15-22-49(51)39-8-9-39)66(81)78-71(26-27-71)59-7-5-6-28-76-59/h5-7,10-25,28,31-36,38-39H,8-9,26-27,29-30,37H2,1-4H3,(H,74,82)(H,75,83)(H,77,80)(H,78,81). The van der Waals surface area contributed by atoms with Crippen molar-refractivity contribution >= 4 is 57.4 Å². The lowest BCUT2D eigenvalue weighted by atomic mass is 9.89. The first kappa shape index (κ1) is 56.6. The predicted molar refractivity (Wildman–Crippen MR) is 329 cm³/mol. The summed E-state index contributed by atoms with van der Waals surface area (Å²) in [4.78, 5) is 90.2. The van der Waals surface area contributed by atoms with Crippen molar-refractivity contribution in [1.82, 2.24) is 31.2 Å². The molecule has 0 saturated heterocycles. The number of hydrogen-bond donors (Lipinski definition) is 4. The van der Waals surface area contributed by atoms with Crippen LogP contribution in [0.3, 0.4) is 0 Å². The molecule has 17 heteroatoms. The third kappa shape index (κ3) is 10.5. The van der Waals surface area contributed by atoms with E-state index in [2.05, 4.69) is 26.3 Å². The SMILES string of the molecule is CNC(=O)c1c(-c2ccc(F)cc2)oc2ccc(-c3cc(C(=O)NCC(C)C)ccc3OCCN3C(=O)c4ccc(-c5cc(-c6cc(C(=O)NC7(c8ccccn8)CC7)ccc6C6CC6)cc6c(C(=O)NC)c(-c7ccc(F)cc7)oc56)cc4C3=O)cc12. The minimum Gasteiger partial charge on any atom is -0.491 e. The average Bonchev–Trinajstić information content (AvgIpc) is 2.12. The number of amides is 6. The summed E-state index contributed by atoms with van der Waals surface area (Å²) in [5.74, 6) is -2.40. The van der Waals surface area contributed by atoms with Crippen molar-refractivity contribution in [2.45, 2.75) is 51.0 Å². The molecule has 2 aliphatic carbocycles.